The maximum Gasteiger partial charge on any atom is 0.0556 e. The molecule has 2 aliphatic rings. The van der Waals surface area contributed by atoms with Crippen LogP contribution in [0.1, 0.15) is 19.3 Å². The van der Waals surface area contributed by atoms with Gasteiger partial charge in [-0.25, -0.2) is 0 Å². The lowest BCUT2D eigenvalue weighted by atomic mass is 10.1. The van der Waals surface area contributed by atoms with Gasteiger partial charge >= 0.3 is 0 Å². The van der Waals surface area contributed by atoms with E-state index in [0.717, 1.165) is 24.4 Å². The first-order chi connectivity index (χ1) is 4.97. The molecule has 1 heterocycles. The average molecular weight is 158 g/mol. The highest BCUT2D eigenvalue weighted by atomic mass is 32.2. The molecule has 1 saturated heterocycles. The maximum atomic E-state index is 5.49. The van der Waals surface area contributed by atoms with Crippen molar-refractivity contribution >= 4 is 11.8 Å². The number of hydrogen-bond donors (Lipinski definition) is 0. The van der Waals surface area contributed by atoms with Crippen LogP contribution in [0.25, 0.3) is 0 Å². The minimum Gasteiger partial charge on any atom is -0.380 e. The molecule has 2 atom stereocenters. The van der Waals surface area contributed by atoms with Crippen molar-refractivity contribution in [2.75, 3.05) is 19.0 Å². The number of thioether (sulfide) groups is 1. The van der Waals surface area contributed by atoms with Crippen molar-refractivity contribution in [1.82, 2.24) is 0 Å². The largest absolute Gasteiger partial charge is 0.380 e. The molecule has 10 heavy (non-hydrogen) atoms. The molecule has 0 aromatic heterocycles. The monoisotopic (exact) mass is 158 g/mol. The van der Waals surface area contributed by atoms with Gasteiger partial charge < -0.3 is 4.74 Å². The van der Waals surface area contributed by atoms with Gasteiger partial charge in [-0.2, -0.15) is 11.8 Å². The zero-order valence-electron chi connectivity index (χ0n) is 6.21. The Balaban J connectivity index is 1.95. The highest BCUT2D eigenvalue weighted by molar-refractivity contribution is 7.99. The third kappa shape index (κ3) is 1.32. The minimum absolute atomic E-state index is 0.896. The van der Waals surface area contributed by atoms with Gasteiger partial charge in [0.2, 0.25) is 0 Å². The lowest BCUT2D eigenvalue weighted by molar-refractivity contribution is 0.121. The van der Waals surface area contributed by atoms with Crippen molar-refractivity contribution in [3.05, 3.63) is 0 Å². The van der Waals surface area contributed by atoms with E-state index < -0.39 is 0 Å². The van der Waals surface area contributed by atoms with E-state index in [1.54, 1.807) is 0 Å². The third-order valence-corrected chi connectivity index (χ3v) is 3.93. The smallest absolute Gasteiger partial charge is 0.0556 e. The summed E-state index contributed by atoms with van der Waals surface area (Å²) in [7, 11) is 0. The Labute approximate surface area is 66.5 Å². The number of rotatable bonds is 0. The topological polar surface area (TPSA) is 9.23 Å². The molecular formula is C8H14OS. The molecule has 0 aromatic rings. The average Bonchev–Trinajstić information content (AvgIpc) is 2.28. The fourth-order valence-corrected chi connectivity index (χ4v) is 3.24. The number of fused-ring (bicyclic) bond motifs is 1. The molecule has 0 aromatic carbocycles. The molecule has 0 radical (unpaired) electrons. The summed E-state index contributed by atoms with van der Waals surface area (Å²) in [5, 5.41) is 0.947. The second-order valence-electron chi connectivity index (χ2n) is 3.18. The maximum absolute atomic E-state index is 5.49. The predicted octanol–water partition coefficient (Wildman–Crippen LogP) is 1.92. The minimum atomic E-state index is 0.896. The van der Waals surface area contributed by atoms with Crippen LogP contribution in [-0.4, -0.2) is 24.2 Å². The van der Waals surface area contributed by atoms with Crippen LogP contribution in [0.3, 0.4) is 0 Å². The van der Waals surface area contributed by atoms with Gasteiger partial charge in [0.15, 0.2) is 0 Å². The Hall–Kier alpha value is 0.310. The molecule has 2 rings (SSSR count). The summed E-state index contributed by atoms with van der Waals surface area (Å²) in [4.78, 5) is 0. The summed E-state index contributed by atoms with van der Waals surface area (Å²) in [5.41, 5.74) is 0. The first-order valence-corrected chi connectivity index (χ1v) is 5.21. The van der Waals surface area contributed by atoms with E-state index in [9.17, 15) is 0 Å². The van der Waals surface area contributed by atoms with Crippen LogP contribution in [-0.2, 0) is 4.74 Å². The Morgan fingerprint density at radius 3 is 3.30 bits per heavy atom. The van der Waals surface area contributed by atoms with Crippen molar-refractivity contribution < 1.29 is 4.74 Å². The van der Waals surface area contributed by atoms with Crippen LogP contribution in [0, 0.1) is 5.92 Å². The van der Waals surface area contributed by atoms with Gasteiger partial charge in [0.05, 0.1) is 13.2 Å². The summed E-state index contributed by atoms with van der Waals surface area (Å²) in [5.74, 6) is 2.12. The Kier molecular flexibility index (Phi) is 2.19. The Morgan fingerprint density at radius 1 is 1.30 bits per heavy atom. The van der Waals surface area contributed by atoms with E-state index in [0.29, 0.717) is 0 Å². The van der Waals surface area contributed by atoms with Gasteiger partial charge in [-0.15, -0.1) is 0 Å². The van der Waals surface area contributed by atoms with E-state index >= 15 is 0 Å². The van der Waals surface area contributed by atoms with Gasteiger partial charge in [0, 0.05) is 11.0 Å². The van der Waals surface area contributed by atoms with Crippen LogP contribution < -0.4 is 0 Å². The van der Waals surface area contributed by atoms with E-state index in [-0.39, 0.29) is 0 Å². The second kappa shape index (κ2) is 3.14. The van der Waals surface area contributed by atoms with Crippen molar-refractivity contribution in [3.63, 3.8) is 0 Å². The molecule has 1 nitrogen and oxygen atoms in total. The summed E-state index contributed by atoms with van der Waals surface area (Å²) >= 11 is 2.13. The van der Waals surface area contributed by atoms with E-state index in [2.05, 4.69) is 11.8 Å². The van der Waals surface area contributed by atoms with Crippen LogP contribution in [0.15, 0.2) is 0 Å². The van der Waals surface area contributed by atoms with Crippen molar-refractivity contribution in [2.45, 2.75) is 24.5 Å². The third-order valence-electron chi connectivity index (χ3n) is 2.48. The molecule has 0 bridgehead atoms. The Bertz CT molecular complexity index is 104. The van der Waals surface area contributed by atoms with Crippen molar-refractivity contribution in [2.24, 2.45) is 5.92 Å². The van der Waals surface area contributed by atoms with Crippen LogP contribution >= 0.6 is 11.8 Å². The van der Waals surface area contributed by atoms with E-state index in [1.807, 2.05) is 0 Å². The summed E-state index contributed by atoms with van der Waals surface area (Å²) in [6.45, 7) is 2.02. The molecule has 1 aliphatic heterocycles. The molecule has 2 fully saturated rings. The first-order valence-electron chi connectivity index (χ1n) is 4.16. The Morgan fingerprint density at radius 2 is 2.30 bits per heavy atom. The van der Waals surface area contributed by atoms with Gasteiger partial charge in [-0.3, -0.25) is 0 Å². The van der Waals surface area contributed by atoms with Crippen molar-refractivity contribution in [1.29, 1.82) is 0 Å². The first kappa shape index (κ1) is 6.99. The second-order valence-corrected chi connectivity index (χ2v) is 4.52. The SMILES string of the molecule is C1CC2COCCSC2C1. The molecule has 1 aliphatic carbocycles. The summed E-state index contributed by atoms with van der Waals surface area (Å²) < 4.78 is 5.49. The molecule has 58 valence electrons. The quantitative estimate of drug-likeness (QED) is 0.532. The molecular weight excluding hydrogens is 144 g/mol. The van der Waals surface area contributed by atoms with Gasteiger partial charge in [0.25, 0.3) is 0 Å². The summed E-state index contributed by atoms with van der Waals surface area (Å²) in [6, 6.07) is 0. The molecule has 1 saturated carbocycles. The lowest BCUT2D eigenvalue weighted by Crippen LogP contribution is -2.12. The fraction of sp³-hybridized carbons (Fsp3) is 1.00. The number of hydrogen-bond acceptors (Lipinski definition) is 2. The van der Waals surface area contributed by atoms with E-state index in [1.165, 1.54) is 25.0 Å². The predicted molar refractivity (Wildman–Crippen MR) is 44.4 cm³/mol. The highest BCUT2D eigenvalue weighted by Crippen LogP contribution is 2.36. The van der Waals surface area contributed by atoms with Crippen LogP contribution in [0.5, 0.6) is 0 Å². The molecule has 0 amide bonds. The van der Waals surface area contributed by atoms with Crippen molar-refractivity contribution in [3.8, 4) is 0 Å². The van der Waals surface area contributed by atoms with Gasteiger partial charge in [-0.1, -0.05) is 6.42 Å². The fourth-order valence-electron chi connectivity index (χ4n) is 1.91. The molecule has 2 heteroatoms. The standard InChI is InChI=1S/C8H14OS/c1-2-7-6-9-4-5-10-8(7)3-1/h7-8H,1-6H2. The molecule has 0 N–H and O–H groups in total. The molecule has 2 unspecified atom stereocenters. The zero-order chi connectivity index (χ0) is 6.81. The molecule has 0 spiro atoms. The van der Waals surface area contributed by atoms with Crippen LogP contribution in [0.2, 0.25) is 0 Å². The van der Waals surface area contributed by atoms with E-state index in [4.69, 9.17) is 4.74 Å². The zero-order valence-corrected chi connectivity index (χ0v) is 7.03. The normalized spacial score (nSPS) is 40.8. The number of ether oxygens (including phenoxy) is 1. The van der Waals surface area contributed by atoms with Gasteiger partial charge in [-0.05, 0) is 18.8 Å². The lowest BCUT2D eigenvalue weighted by Gasteiger charge is -2.12. The van der Waals surface area contributed by atoms with Crippen LogP contribution in [0.4, 0.5) is 0 Å². The summed E-state index contributed by atoms with van der Waals surface area (Å²) in [6.07, 6.45) is 4.29. The van der Waals surface area contributed by atoms with Gasteiger partial charge in [0.1, 0.15) is 0 Å². The highest BCUT2D eigenvalue weighted by Gasteiger charge is 2.28.